The summed E-state index contributed by atoms with van der Waals surface area (Å²) < 4.78 is 13.2. The van der Waals surface area contributed by atoms with E-state index in [1.807, 2.05) is 0 Å². The highest BCUT2D eigenvalue weighted by atomic mass is 16.5. The summed E-state index contributed by atoms with van der Waals surface area (Å²) >= 11 is 0. The normalized spacial score (nSPS) is 42.5. The third-order valence-corrected chi connectivity index (χ3v) is 10.4. The van der Waals surface area contributed by atoms with Gasteiger partial charge >= 0.3 is 0 Å². The second kappa shape index (κ2) is 10.7. The molecule has 0 aromatic rings. The van der Waals surface area contributed by atoms with Gasteiger partial charge in [0, 0.05) is 6.61 Å². The summed E-state index contributed by atoms with van der Waals surface area (Å²) in [5.41, 5.74) is 0.139. The van der Waals surface area contributed by atoms with Crippen molar-refractivity contribution < 1.29 is 9.47 Å². The molecular weight excluding hydrogens is 392 g/mol. The molecule has 4 aliphatic carbocycles. The topological polar surface area (TPSA) is 18.5 Å². The molecule has 0 radical (unpaired) electrons. The maximum atomic E-state index is 6.93. The minimum Gasteiger partial charge on any atom is -0.378 e. The first-order valence-corrected chi connectivity index (χ1v) is 14.5. The Morgan fingerprint density at radius 2 is 1.38 bits per heavy atom. The minimum absolute atomic E-state index is 0.139. The van der Waals surface area contributed by atoms with Gasteiger partial charge in [0.2, 0.25) is 0 Å². The summed E-state index contributed by atoms with van der Waals surface area (Å²) in [6, 6.07) is 0. The zero-order valence-corrected chi connectivity index (χ0v) is 22.3. The van der Waals surface area contributed by atoms with Crippen LogP contribution in [0.25, 0.3) is 0 Å². The summed E-state index contributed by atoms with van der Waals surface area (Å²) in [7, 11) is 0. The van der Waals surface area contributed by atoms with Crippen molar-refractivity contribution in [3.63, 3.8) is 0 Å². The number of hydrogen-bond acceptors (Lipinski definition) is 2. The molecule has 4 bridgehead atoms. The van der Waals surface area contributed by atoms with Gasteiger partial charge in [0.05, 0.1) is 17.8 Å². The smallest absolute Gasteiger partial charge is 0.0663 e. The first-order chi connectivity index (χ1) is 15.2. The van der Waals surface area contributed by atoms with Gasteiger partial charge in [0.1, 0.15) is 0 Å². The number of hydrogen-bond donors (Lipinski definition) is 0. The third kappa shape index (κ3) is 6.12. The summed E-state index contributed by atoms with van der Waals surface area (Å²) in [5, 5.41) is 0. The van der Waals surface area contributed by atoms with Crippen molar-refractivity contribution in [3.05, 3.63) is 0 Å². The zero-order valence-electron chi connectivity index (χ0n) is 22.3. The molecule has 0 heterocycles. The molecule has 0 spiro atoms. The van der Waals surface area contributed by atoms with E-state index in [2.05, 4.69) is 41.5 Å². The number of fused-ring (bicyclic) bond motifs is 4. The van der Waals surface area contributed by atoms with E-state index in [0.717, 1.165) is 42.1 Å². The van der Waals surface area contributed by atoms with E-state index in [1.54, 1.807) is 0 Å². The van der Waals surface area contributed by atoms with Crippen molar-refractivity contribution in [2.45, 2.75) is 136 Å². The van der Waals surface area contributed by atoms with Crippen LogP contribution in [0.4, 0.5) is 0 Å². The van der Waals surface area contributed by atoms with Gasteiger partial charge in [-0.2, -0.15) is 0 Å². The molecule has 7 atom stereocenters. The SMILES string of the molecule is CC(C)[C@H](C)OCC1CC2CCCC(C1)C2CC(C)[C@H](C)OC1(C)CC2CCCC(C2)C1. The van der Waals surface area contributed by atoms with E-state index >= 15 is 0 Å². The van der Waals surface area contributed by atoms with Crippen LogP contribution in [0.1, 0.15) is 119 Å². The van der Waals surface area contributed by atoms with Crippen LogP contribution in [0.5, 0.6) is 0 Å². The molecule has 32 heavy (non-hydrogen) atoms. The highest BCUT2D eigenvalue weighted by Crippen LogP contribution is 2.50. The predicted octanol–water partition coefficient (Wildman–Crippen LogP) is 8.28. The lowest BCUT2D eigenvalue weighted by Gasteiger charge is -2.49. The van der Waals surface area contributed by atoms with Gasteiger partial charge in [-0.1, -0.05) is 59.3 Å². The van der Waals surface area contributed by atoms with E-state index in [4.69, 9.17) is 9.47 Å². The van der Waals surface area contributed by atoms with Gasteiger partial charge < -0.3 is 9.47 Å². The number of ether oxygens (including phenoxy) is 2. The van der Waals surface area contributed by atoms with Crippen molar-refractivity contribution in [3.8, 4) is 0 Å². The van der Waals surface area contributed by atoms with Gasteiger partial charge in [-0.3, -0.25) is 0 Å². The molecule has 0 aliphatic heterocycles. The van der Waals surface area contributed by atoms with Gasteiger partial charge in [0.15, 0.2) is 0 Å². The van der Waals surface area contributed by atoms with Crippen LogP contribution >= 0.6 is 0 Å². The molecule has 4 saturated carbocycles. The van der Waals surface area contributed by atoms with Crippen molar-refractivity contribution in [2.24, 2.45) is 47.3 Å². The highest BCUT2D eigenvalue weighted by Gasteiger charge is 2.43. The quantitative estimate of drug-likeness (QED) is 0.355. The fraction of sp³-hybridized carbons (Fsp3) is 1.00. The lowest BCUT2D eigenvalue weighted by molar-refractivity contribution is -0.143. The van der Waals surface area contributed by atoms with Crippen molar-refractivity contribution in [1.29, 1.82) is 0 Å². The Morgan fingerprint density at radius 1 is 0.781 bits per heavy atom. The Labute approximate surface area is 200 Å². The second-order valence-corrected chi connectivity index (χ2v) is 13.5. The largest absolute Gasteiger partial charge is 0.378 e. The molecule has 0 N–H and O–H groups in total. The second-order valence-electron chi connectivity index (χ2n) is 13.5. The van der Waals surface area contributed by atoms with Crippen LogP contribution in [-0.4, -0.2) is 24.4 Å². The lowest BCUT2D eigenvalue weighted by Crippen LogP contribution is -2.44. The van der Waals surface area contributed by atoms with Crippen LogP contribution < -0.4 is 0 Å². The summed E-state index contributed by atoms with van der Waals surface area (Å²) in [4.78, 5) is 0. The highest BCUT2D eigenvalue weighted by molar-refractivity contribution is 4.94. The fourth-order valence-corrected chi connectivity index (χ4v) is 8.35. The van der Waals surface area contributed by atoms with E-state index in [1.165, 1.54) is 77.0 Å². The molecule has 186 valence electrons. The van der Waals surface area contributed by atoms with Crippen LogP contribution in [0, 0.1) is 47.3 Å². The van der Waals surface area contributed by atoms with Gasteiger partial charge in [0.25, 0.3) is 0 Å². The lowest BCUT2D eigenvalue weighted by atomic mass is 9.59. The Balaban J connectivity index is 1.28. The van der Waals surface area contributed by atoms with E-state index in [0.29, 0.717) is 24.0 Å². The third-order valence-electron chi connectivity index (χ3n) is 10.4. The molecule has 4 aliphatic rings. The molecule has 2 nitrogen and oxygen atoms in total. The Kier molecular flexibility index (Phi) is 8.35. The average molecular weight is 447 g/mol. The van der Waals surface area contributed by atoms with Gasteiger partial charge in [-0.25, -0.2) is 0 Å². The average Bonchev–Trinajstić information content (AvgIpc) is 2.71. The van der Waals surface area contributed by atoms with E-state index < -0.39 is 0 Å². The molecule has 0 amide bonds. The Hall–Kier alpha value is -0.0800. The van der Waals surface area contributed by atoms with E-state index in [9.17, 15) is 0 Å². The van der Waals surface area contributed by atoms with Crippen LogP contribution in [0.2, 0.25) is 0 Å². The maximum absolute atomic E-state index is 6.93. The molecule has 5 unspecified atom stereocenters. The molecule has 0 aromatic heterocycles. The van der Waals surface area contributed by atoms with Gasteiger partial charge in [-0.15, -0.1) is 0 Å². The van der Waals surface area contributed by atoms with Crippen molar-refractivity contribution >= 4 is 0 Å². The number of rotatable bonds is 9. The summed E-state index contributed by atoms with van der Waals surface area (Å²) in [6.45, 7) is 15.1. The van der Waals surface area contributed by atoms with Crippen molar-refractivity contribution in [2.75, 3.05) is 6.61 Å². The van der Waals surface area contributed by atoms with Crippen LogP contribution in [0.3, 0.4) is 0 Å². The fourth-order valence-electron chi connectivity index (χ4n) is 8.35. The zero-order chi connectivity index (χ0) is 22.9. The first kappa shape index (κ1) is 25.0. The molecule has 0 saturated heterocycles. The maximum Gasteiger partial charge on any atom is 0.0663 e. The van der Waals surface area contributed by atoms with Crippen LogP contribution in [-0.2, 0) is 9.47 Å². The Bertz CT molecular complexity index is 559. The summed E-state index contributed by atoms with van der Waals surface area (Å²) in [6.07, 6.45) is 17.8. The predicted molar refractivity (Wildman–Crippen MR) is 135 cm³/mol. The first-order valence-electron chi connectivity index (χ1n) is 14.5. The molecule has 4 rings (SSSR count). The molecule has 4 fully saturated rings. The standard InChI is InChI=1S/C30H54O2/c1-20(2)22(4)31-19-26-15-27-11-8-12-28(16-26)29(27)13-21(3)23(5)32-30(6)17-24-9-7-10-25(14-24)18-30/h20-29H,7-19H2,1-6H3/t21?,22-,23-,24?,25?,26?,27?,28?,29?,30?/m0/s1. The molecule has 0 aromatic carbocycles. The monoisotopic (exact) mass is 446 g/mol. The van der Waals surface area contributed by atoms with Gasteiger partial charge in [-0.05, 0) is 107 Å². The van der Waals surface area contributed by atoms with Crippen LogP contribution in [0.15, 0.2) is 0 Å². The Morgan fingerprint density at radius 3 is 1.97 bits per heavy atom. The molecular formula is C30H54O2. The van der Waals surface area contributed by atoms with E-state index in [-0.39, 0.29) is 5.60 Å². The minimum atomic E-state index is 0.139. The van der Waals surface area contributed by atoms with Crippen molar-refractivity contribution in [1.82, 2.24) is 0 Å². The molecule has 2 heteroatoms. The summed E-state index contributed by atoms with van der Waals surface area (Å²) in [5.74, 6) is 6.77.